The number of nitrogens with zero attached hydrogens (tertiary/aromatic N) is 1. The highest BCUT2D eigenvalue weighted by Crippen LogP contribution is 2.35. The predicted octanol–water partition coefficient (Wildman–Crippen LogP) is 2.61. The third kappa shape index (κ3) is 2.81. The molecule has 21 heavy (non-hydrogen) atoms. The Bertz CT molecular complexity index is 678. The molecule has 0 radical (unpaired) electrons. The van der Waals surface area contributed by atoms with Crippen LogP contribution in [0.2, 0.25) is 0 Å². The van der Waals surface area contributed by atoms with Crippen LogP contribution in [0.3, 0.4) is 0 Å². The van der Waals surface area contributed by atoms with Crippen LogP contribution in [0.15, 0.2) is 30.3 Å². The van der Waals surface area contributed by atoms with E-state index in [2.05, 4.69) is 10.3 Å². The van der Waals surface area contributed by atoms with Gasteiger partial charge in [0, 0.05) is 23.5 Å². The summed E-state index contributed by atoms with van der Waals surface area (Å²) in [7, 11) is 0. The van der Waals surface area contributed by atoms with Crippen LogP contribution in [0, 0.1) is 13.8 Å². The van der Waals surface area contributed by atoms with Gasteiger partial charge in [0.2, 0.25) is 0 Å². The van der Waals surface area contributed by atoms with Crippen molar-refractivity contribution >= 4 is 5.91 Å². The molecular weight excluding hydrogens is 268 g/mol. The lowest BCUT2D eigenvalue weighted by Crippen LogP contribution is -2.24. The van der Waals surface area contributed by atoms with E-state index in [9.17, 15) is 4.79 Å². The molecule has 2 heterocycles. The van der Waals surface area contributed by atoms with Gasteiger partial charge in [0.15, 0.2) is 11.5 Å². The van der Waals surface area contributed by atoms with Gasteiger partial charge in [-0.05, 0) is 26.0 Å². The molecule has 3 rings (SSSR count). The Hall–Kier alpha value is -2.56. The minimum Gasteiger partial charge on any atom is -0.487 e. The van der Waals surface area contributed by atoms with Gasteiger partial charge in [0.05, 0.1) is 12.1 Å². The van der Waals surface area contributed by atoms with Crippen molar-refractivity contribution in [2.24, 2.45) is 0 Å². The third-order valence-electron chi connectivity index (χ3n) is 3.14. The van der Waals surface area contributed by atoms with E-state index in [1.54, 1.807) is 18.2 Å². The number of rotatable bonds is 2. The highest BCUT2D eigenvalue weighted by Gasteiger charge is 2.20. The number of carbonyl (C=O) groups excluding carboxylic acids is 1. The van der Waals surface area contributed by atoms with Gasteiger partial charge in [0.1, 0.15) is 12.4 Å². The second kappa shape index (κ2) is 5.44. The van der Waals surface area contributed by atoms with Crippen molar-refractivity contribution in [3.05, 3.63) is 47.3 Å². The van der Waals surface area contributed by atoms with Crippen LogP contribution in [0.5, 0.6) is 17.2 Å². The molecule has 0 unspecified atom stereocenters. The summed E-state index contributed by atoms with van der Waals surface area (Å²) >= 11 is 0. The minimum atomic E-state index is -0.143. The topological polar surface area (TPSA) is 60.5 Å². The molecule has 2 aromatic rings. The molecule has 1 aromatic carbocycles. The molecule has 5 heteroatoms. The van der Waals surface area contributed by atoms with Crippen LogP contribution in [-0.4, -0.2) is 24.0 Å². The molecule has 0 saturated carbocycles. The number of para-hydroxylation sites is 1. The average molecular weight is 284 g/mol. The zero-order valence-corrected chi connectivity index (χ0v) is 12.0. The van der Waals surface area contributed by atoms with Crippen LogP contribution in [0.25, 0.3) is 0 Å². The monoisotopic (exact) mass is 284 g/mol. The SMILES string of the molecule is Cc1cc(Oc2cccc3c2OCCNC3=O)cc(C)n1. The van der Waals surface area contributed by atoms with Crippen molar-refractivity contribution in [1.29, 1.82) is 0 Å². The van der Waals surface area contributed by atoms with Crippen molar-refractivity contribution in [3.8, 4) is 17.2 Å². The molecule has 0 aliphatic carbocycles. The summed E-state index contributed by atoms with van der Waals surface area (Å²) < 4.78 is 11.6. The number of nitrogens with one attached hydrogen (secondary N) is 1. The Morgan fingerprint density at radius 1 is 1.24 bits per heavy atom. The zero-order chi connectivity index (χ0) is 14.8. The third-order valence-corrected chi connectivity index (χ3v) is 3.14. The fraction of sp³-hybridized carbons (Fsp3) is 0.250. The Kier molecular flexibility index (Phi) is 3.48. The number of fused-ring (bicyclic) bond motifs is 1. The Morgan fingerprint density at radius 3 is 2.76 bits per heavy atom. The Balaban J connectivity index is 1.99. The van der Waals surface area contributed by atoms with Gasteiger partial charge in [0.25, 0.3) is 5.91 Å². The van der Waals surface area contributed by atoms with Crippen molar-refractivity contribution in [2.45, 2.75) is 13.8 Å². The number of hydrogen-bond donors (Lipinski definition) is 1. The van der Waals surface area contributed by atoms with Gasteiger partial charge in [-0.1, -0.05) is 6.07 Å². The number of pyridine rings is 1. The molecule has 0 fully saturated rings. The summed E-state index contributed by atoms with van der Waals surface area (Å²) in [6.45, 7) is 4.73. The maximum atomic E-state index is 12.0. The first-order valence-electron chi connectivity index (χ1n) is 6.80. The van der Waals surface area contributed by atoms with Gasteiger partial charge >= 0.3 is 0 Å². The van der Waals surface area contributed by atoms with Crippen LogP contribution in [-0.2, 0) is 0 Å². The number of aromatic nitrogens is 1. The van der Waals surface area contributed by atoms with E-state index in [0.29, 0.717) is 36.0 Å². The van der Waals surface area contributed by atoms with E-state index in [1.165, 1.54) is 0 Å². The quantitative estimate of drug-likeness (QED) is 0.921. The molecule has 0 saturated heterocycles. The average Bonchev–Trinajstić information content (AvgIpc) is 2.61. The highest BCUT2D eigenvalue weighted by molar-refractivity contribution is 5.98. The standard InChI is InChI=1S/C16H16N2O3/c1-10-8-12(9-11(2)18-10)21-14-5-3-4-13-15(14)20-7-6-17-16(13)19/h3-5,8-9H,6-7H2,1-2H3,(H,17,19). The summed E-state index contributed by atoms with van der Waals surface area (Å²) in [6, 6.07) is 9.00. The summed E-state index contributed by atoms with van der Waals surface area (Å²) in [5.41, 5.74) is 2.25. The largest absolute Gasteiger partial charge is 0.487 e. The first-order chi connectivity index (χ1) is 10.1. The van der Waals surface area contributed by atoms with Crippen LogP contribution >= 0.6 is 0 Å². The minimum absolute atomic E-state index is 0.143. The smallest absolute Gasteiger partial charge is 0.255 e. The van der Waals surface area contributed by atoms with E-state index < -0.39 is 0 Å². The molecule has 1 N–H and O–H groups in total. The maximum Gasteiger partial charge on any atom is 0.255 e. The lowest BCUT2D eigenvalue weighted by atomic mass is 10.1. The molecule has 5 nitrogen and oxygen atoms in total. The molecule has 1 aliphatic heterocycles. The molecule has 1 aliphatic rings. The molecular formula is C16H16N2O3. The Labute approximate surface area is 122 Å². The summed E-state index contributed by atoms with van der Waals surface area (Å²) in [5.74, 6) is 1.56. The zero-order valence-electron chi connectivity index (χ0n) is 12.0. The number of benzene rings is 1. The second-order valence-electron chi connectivity index (χ2n) is 4.92. The Morgan fingerprint density at radius 2 is 2.00 bits per heavy atom. The molecule has 1 aromatic heterocycles. The maximum absolute atomic E-state index is 12.0. The van der Waals surface area contributed by atoms with Crippen molar-refractivity contribution in [3.63, 3.8) is 0 Å². The number of hydrogen-bond acceptors (Lipinski definition) is 4. The summed E-state index contributed by atoms with van der Waals surface area (Å²) in [4.78, 5) is 16.3. The van der Waals surface area contributed by atoms with Gasteiger partial charge in [-0.15, -0.1) is 0 Å². The molecule has 0 bridgehead atoms. The fourth-order valence-corrected chi connectivity index (χ4v) is 2.32. The van der Waals surface area contributed by atoms with Crippen molar-refractivity contribution in [2.75, 3.05) is 13.2 Å². The molecule has 108 valence electrons. The first-order valence-corrected chi connectivity index (χ1v) is 6.80. The van der Waals surface area contributed by atoms with Gasteiger partial charge in [-0.25, -0.2) is 0 Å². The van der Waals surface area contributed by atoms with Gasteiger partial charge in [-0.2, -0.15) is 0 Å². The van der Waals surface area contributed by atoms with E-state index in [-0.39, 0.29) is 5.91 Å². The van der Waals surface area contributed by atoms with E-state index in [1.807, 2.05) is 26.0 Å². The number of aryl methyl sites for hydroxylation is 2. The number of carbonyl (C=O) groups is 1. The van der Waals surface area contributed by atoms with E-state index >= 15 is 0 Å². The summed E-state index contributed by atoms with van der Waals surface area (Å²) in [5, 5.41) is 2.78. The van der Waals surface area contributed by atoms with Crippen LogP contribution < -0.4 is 14.8 Å². The number of ether oxygens (including phenoxy) is 2. The van der Waals surface area contributed by atoms with E-state index in [0.717, 1.165) is 11.4 Å². The predicted molar refractivity (Wildman–Crippen MR) is 78.1 cm³/mol. The lowest BCUT2D eigenvalue weighted by Gasteiger charge is -2.13. The lowest BCUT2D eigenvalue weighted by molar-refractivity contribution is 0.0957. The van der Waals surface area contributed by atoms with Crippen molar-refractivity contribution in [1.82, 2.24) is 10.3 Å². The molecule has 0 spiro atoms. The normalized spacial score (nSPS) is 13.7. The first kappa shape index (κ1) is 13.4. The highest BCUT2D eigenvalue weighted by atomic mass is 16.5. The van der Waals surface area contributed by atoms with Crippen LogP contribution in [0.1, 0.15) is 21.7 Å². The second-order valence-corrected chi connectivity index (χ2v) is 4.92. The van der Waals surface area contributed by atoms with E-state index in [4.69, 9.17) is 9.47 Å². The summed E-state index contributed by atoms with van der Waals surface area (Å²) in [6.07, 6.45) is 0. The van der Waals surface area contributed by atoms with Crippen LogP contribution in [0.4, 0.5) is 0 Å². The molecule has 1 amide bonds. The molecule has 0 atom stereocenters. The van der Waals surface area contributed by atoms with Crippen molar-refractivity contribution < 1.29 is 14.3 Å². The fourth-order valence-electron chi connectivity index (χ4n) is 2.32. The van der Waals surface area contributed by atoms with Gasteiger partial charge < -0.3 is 14.8 Å². The van der Waals surface area contributed by atoms with Gasteiger partial charge in [-0.3, -0.25) is 9.78 Å². The number of amides is 1.